The minimum Gasteiger partial charge on any atom is -0.130 e. The maximum absolute atomic E-state index is 2.93. The molecule has 0 heterocycles. The van der Waals surface area contributed by atoms with Crippen molar-refractivity contribution in [1.82, 2.24) is 0 Å². The highest BCUT2D eigenvalue weighted by atomic mass is 31.0. The van der Waals surface area contributed by atoms with Crippen LogP contribution in [0.5, 0.6) is 0 Å². The highest BCUT2D eigenvalue weighted by Crippen LogP contribution is 2.34. The van der Waals surface area contributed by atoms with Crippen molar-refractivity contribution in [2.45, 2.75) is 19.0 Å². The molecular weight excluding hydrogens is 211 g/mol. The summed E-state index contributed by atoms with van der Waals surface area (Å²) < 4.78 is 0. The van der Waals surface area contributed by atoms with Crippen molar-refractivity contribution in [3.63, 3.8) is 0 Å². The molecule has 0 saturated carbocycles. The molecule has 0 N–H and O–H groups in total. The molecule has 2 atom stereocenters. The van der Waals surface area contributed by atoms with Gasteiger partial charge in [-0.1, -0.05) is 61.5 Å². The smallest absolute Gasteiger partial charge is 0.00110 e. The number of hydrogen-bond donors (Lipinski definition) is 0. The Hall–Kier alpha value is -1.13. The summed E-state index contributed by atoms with van der Waals surface area (Å²) in [7, 11) is 2.93. The molecule has 16 heavy (non-hydrogen) atoms. The van der Waals surface area contributed by atoms with Crippen LogP contribution in [0.3, 0.4) is 0 Å². The van der Waals surface area contributed by atoms with Crippen LogP contribution in [0, 0.1) is 0 Å². The van der Waals surface area contributed by atoms with Crippen molar-refractivity contribution >= 4 is 9.24 Å². The van der Waals surface area contributed by atoms with Gasteiger partial charge in [0.25, 0.3) is 0 Å². The Morgan fingerprint density at radius 2 is 1.56 bits per heavy atom. The summed E-state index contributed by atoms with van der Waals surface area (Å²) in [4.78, 5) is 0. The van der Waals surface area contributed by atoms with Crippen LogP contribution in [0.2, 0.25) is 0 Å². The van der Waals surface area contributed by atoms with Crippen LogP contribution < -0.4 is 0 Å². The monoisotopic (exact) mass is 228 g/mol. The molecule has 0 aromatic heterocycles. The van der Waals surface area contributed by atoms with Crippen molar-refractivity contribution in [2.24, 2.45) is 0 Å². The SMILES string of the molecule is CCC(P)c1ccccc1-c1ccccc1. The van der Waals surface area contributed by atoms with Gasteiger partial charge in [0.15, 0.2) is 0 Å². The molecule has 0 saturated heterocycles. The van der Waals surface area contributed by atoms with Gasteiger partial charge in [-0.15, -0.1) is 9.24 Å². The Labute approximate surface area is 99.9 Å². The summed E-state index contributed by atoms with van der Waals surface area (Å²) in [6, 6.07) is 19.3. The van der Waals surface area contributed by atoms with Gasteiger partial charge in [0.2, 0.25) is 0 Å². The second kappa shape index (κ2) is 5.27. The maximum atomic E-state index is 2.93. The first-order chi connectivity index (χ1) is 7.83. The van der Waals surface area contributed by atoms with Gasteiger partial charge in [-0.2, -0.15) is 0 Å². The zero-order valence-electron chi connectivity index (χ0n) is 9.56. The van der Waals surface area contributed by atoms with E-state index < -0.39 is 0 Å². The Balaban J connectivity index is 2.49. The molecule has 0 radical (unpaired) electrons. The van der Waals surface area contributed by atoms with Crippen LogP contribution in [0.25, 0.3) is 11.1 Å². The molecule has 2 unspecified atom stereocenters. The molecule has 2 aromatic rings. The van der Waals surface area contributed by atoms with Gasteiger partial charge >= 0.3 is 0 Å². The zero-order chi connectivity index (χ0) is 11.4. The summed E-state index contributed by atoms with van der Waals surface area (Å²) in [5.74, 6) is 0. The summed E-state index contributed by atoms with van der Waals surface area (Å²) >= 11 is 0. The van der Waals surface area contributed by atoms with E-state index in [9.17, 15) is 0 Å². The van der Waals surface area contributed by atoms with Gasteiger partial charge in [-0.25, -0.2) is 0 Å². The molecule has 82 valence electrons. The van der Waals surface area contributed by atoms with E-state index in [0.29, 0.717) is 5.66 Å². The summed E-state index contributed by atoms with van der Waals surface area (Å²) in [5.41, 5.74) is 4.61. The molecule has 0 spiro atoms. The van der Waals surface area contributed by atoms with Gasteiger partial charge in [0.05, 0.1) is 0 Å². The lowest BCUT2D eigenvalue weighted by molar-refractivity contribution is 0.898. The lowest BCUT2D eigenvalue weighted by Crippen LogP contribution is -1.91. The molecule has 0 aliphatic heterocycles. The Bertz CT molecular complexity index is 448. The lowest BCUT2D eigenvalue weighted by Gasteiger charge is -2.14. The van der Waals surface area contributed by atoms with Gasteiger partial charge in [0, 0.05) is 0 Å². The van der Waals surface area contributed by atoms with Crippen LogP contribution >= 0.6 is 9.24 Å². The van der Waals surface area contributed by atoms with Gasteiger partial charge in [-0.05, 0) is 28.8 Å². The lowest BCUT2D eigenvalue weighted by atomic mass is 9.97. The molecule has 0 bridgehead atoms. The van der Waals surface area contributed by atoms with E-state index in [1.165, 1.54) is 16.7 Å². The third kappa shape index (κ3) is 2.33. The van der Waals surface area contributed by atoms with Crippen LogP contribution in [-0.4, -0.2) is 0 Å². The average molecular weight is 228 g/mol. The Morgan fingerprint density at radius 1 is 0.938 bits per heavy atom. The summed E-state index contributed by atoms with van der Waals surface area (Å²) in [6.45, 7) is 2.22. The van der Waals surface area contributed by atoms with Gasteiger partial charge in [0.1, 0.15) is 0 Å². The Morgan fingerprint density at radius 3 is 2.25 bits per heavy atom. The molecule has 0 nitrogen and oxygen atoms in total. The second-order valence-electron chi connectivity index (χ2n) is 3.97. The van der Waals surface area contributed by atoms with E-state index in [1.54, 1.807) is 0 Å². The minimum atomic E-state index is 0.538. The third-order valence-corrected chi connectivity index (χ3v) is 3.72. The number of hydrogen-bond acceptors (Lipinski definition) is 0. The second-order valence-corrected chi connectivity index (χ2v) is 4.77. The highest BCUT2D eigenvalue weighted by molar-refractivity contribution is 7.17. The van der Waals surface area contributed by atoms with Crippen molar-refractivity contribution in [3.05, 3.63) is 60.2 Å². The van der Waals surface area contributed by atoms with E-state index in [0.717, 1.165) is 6.42 Å². The largest absolute Gasteiger partial charge is 0.130 e. The van der Waals surface area contributed by atoms with Crippen molar-refractivity contribution < 1.29 is 0 Å². The van der Waals surface area contributed by atoms with Crippen LogP contribution in [0.4, 0.5) is 0 Å². The normalized spacial score (nSPS) is 12.4. The molecule has 0 amide bonds. The van der Waals surface area contributed by atoms with E-state index in [-0.39, 0.29) is 0 Å². The first-order valence-corrected chi connectivity index (χ1v) is 6.39. The zero-order valence-corrected chi connectivity index (χ0v) is 10.7. The van der Waals surface area contributed by atoms with Crippen LogP contribution in [0.1, 0.15) is 24.6 Å². The molecule has 0 fully saturated rings. The van der Waals surface area contributed by atoms with E-state index in [4.69, 9.17) is 0 Å². The van der Waals surface area contributed by atoms with Crippen LogP contribution in [0.15, 0.2) is 54.6 Å². The molecule has 2 aromatic carbocycles. The maximum Gasteiger partial charge on any atom is -0.00110 e. The van der Waals surface area contributed by atoms with E-state index in [2.05, 4.69) is 70.8 Å². The first-order valence-electron chi connectivity index (χ1n) is 5.73. The molecule has 1 heteroatoms. The standard InChI is InChI=1S/C15H17P/c1-2-15(16)14-11-7-6-10-13(14)12-8-4-3-5-9-12/h3-11,15H,2,16H2,1H3. The van der Waals surface area contributed by atoms with E-state index >= 15 is 0 Å². The predicted molar refractivity (Wildman–Crippen MR) is 74.6 cm³/mol. The van der Waals surface area contributed by atoms with Crippen molar-refractivity contribution in [3.8, 4) is 11.1 Å². The molecule has 2 rings (SSSR count). The van der Waals surface area contributed by atoms with Crippen LogP contribution in [-0.2, 0) is 0 Å². The minimum absolute atomic E-state index is 0.538. The summed E-state index contributed by atoms with van der Waals surface area (Å²) in [5, 5.41) is 0. The molecular formula is C15H17P. The van der Waals surface area contributed by atoms with Crippen molar-refractivity contribution in [2.75, 3.05) is 0 Å². The molecule has 0 aliphatic carbocycles. The van der Waals surface area contributed by atoms with Crippen molar-refractivity contribution in [1.29, 1.82) is 0 Å². The average Bonchev–Trinajstić information content (AvgIpc) is 2.39. The summed E-state index contributed by atoms with van der Waals surface area (Å²) in [6.07, 6.45) is 1.15. The molecule has 0 aliphatic rings. The third-order valence-electron chi connectivity index (χ3n) is 2.88. The topological polar surface area (TPSA) is 0 Å². The van der Waals surface area contributed by atoms with E-state index in [1.807, 2.05) is 0 Å². The fraction of sp³-hybridized carbons (Fsp3) is 0.200. The number of rotatable bonds is 3. The number of benzene rings is 2. The predicted octanol–water partition coefficient (Wildman–Crippen LogP) is 4.68. The van der Waals surface area contributed by atoms with Gasteiger partial charge in [-0.3, -0.25) is 0 Å². The Kier molecular flexibility index (Phi) is 3.74. The quantitative estimate of drug-likeness (QED) is 0.669. The van der Waals surface area contributed by atoms with Gasteiger partial charge < -0.3 is 0 Å². The highest BCUT2D eigenvalue weighted by Gasteiger charge is 2.09. The first kappa shape index (κ1) is 11.4. The fourth-order valence-electron chi connectivity index (χ4n) is 1.92. The fourth-order valence-corrected chi connectivity index (χ4v) is 2.21.